The highest BCUT2D eigenvalue weighted by atomic mass is 35.5. The van der Waals surface area contributed by atoms with Crippen molar-refractivity contribution in [1.29, 1.82) is 0 Å². The minimum atomic E-state index is 0.368. The Morgan fingerprint density at radius 2 is 1.50 bits per heavy atom. The van der Waals surface area contributed by atoms with E-state index in [1.165, 1.54) is 0 Å². The van der Waals surface area contributed by atoms with Gasteiger partial charge in [0.05, 0.1) is 10.0 Å². The van der Waals surface area contributed by atoms with Gasteiger partial charge in [-0.25, -0.2) is 0 Å². The Labute approximate surface area is 117 Å². The molecule has 18 heavy (non-hydrogen) atoms. The van der Waals surface area contributed by atoms with Crippen LogP contribution in [0.3, 0.4) is 0 Å². The Balaban J connectivity index is 2.31. The first-order valence-corrected chi connectivity index (χ1v) is 6.46. The molecule has 0 aromatic heterocycles. The van der Waals surface area contributed by atoms with E-state index < -0.39 is 0 Å². The maximum atomic E-state index is 9.74. The van der Waals surface area contributed by atoms with Crippen LogP contribution in [-0.4, -0.2) is 5.11 Å². The largest absolute Gasteiger partial charge is 0.507 e. The third-order valence-corrected chi connectivity index (χ3v) is 3.68. The summed E-state index contributed by atoms with van der Waals surface area (Å²) >= 11 is 11.9. The van der Waals surface area contributed by atoms with Gasteiger partial charge >= 0.3 is 0 Å². The highest BCUT2D eigenvalue weighted by molar-refractivity contribution is 6.42. The fourth-order valence-corrected chi connectivity index (χ4v) is 2.35. The van der Waals surface area contributed by atoms with E-state index in [2.05, 4.69) is 0 Å². The van der Waals surface area contributed by atoms with Crippen LogP contribution in [0.4, 0.5) is 0 Å². The normalized spacial score (nSPS) is 10.7. The third kappa shape index (κ3) is 2.80. The molecule has 0 saturated heterocycles. The maximum absolute atomic E-state index is 9.74. The standard InChI is InChI=1S/C15H14Cl2O/c1-9-5-12(6-10(2)15(9)18)7-11-3-4-13(16)14(17)8-11/h3-6,8,18H,7H2,1-2H3. The second-order valence-corrected chi connectivity index (χ2v) is 5.32. The molecule has 94 valence electrons. The lowest BCUT2D eigenvalue weighted by Gasteiger charge is -2.08. The van der Waals surface area contributed by atoms with Crippen molar-refractivity contribution in [2.24, 2.45) is 0 Å². The summed E-state index contributed by atoms with van der Waals surface area (Å²) in [5, 5.41) is 10.9. The topological polar surface area (TPSA) is 20.2 Å². The van der Waals surface area contributed by atoms with Gasteiger partial charge in [-0.3, -0.25) is 0 Å². The molecule has 2 aromatic rings. The zero-order chi connectivity index (χ0) is 13.3. The summed E-state index contributed by atoms with van der Waals surface area (Å²) in [4.78, 5) is 0. The van der Waals surface area contributed by atoms with Crippen LogP contribution in [0.5, 0.6) is 5.75 Å². The summed E-state index contributed by atoms with van der Waals surface area (Å²) in [6.07, 6.45) is 0.777. The molecule has 2 rings (SSSR count). The van der Waals surface area contributed by atoms with Crippen molar-refractivity contribution in [1.82, 2.24) is 0 Å². The van der Waals surface area contributed by atoms with Crippen molar-refractivity contribution >= 4 is 23.2 Å². The SMILES string of the molecule is Cc1cc(Cc2ccc(Cl)c(Cl)c2)cc(C)c1O. The number of hydrogen-bond acceptors (Lipinski definition) is 1. The van der Waals surface area contributed by atoms with Crippen molar-refractivity contribution in [3.05, 3.63) is 62.6 Å². The Kier molecular flexibility index (Phi) is 3.84. The molecule has 0 fully saturated rings. The first-order valence-electron chi connectivity index (χ1n) is 5.70. The average Bonchev–Trinajstić information content (AvgIpc) is 2.31. The fraction of sp³-hybridized carbons (Fsp3) is 0.200. The number of benzene rings is 2. The first kappa shape index (κ1) is 13.3. The van der Waals surface area contributed by atoms with Gasteiger partial charge < -0.3 is 5.11 Å². The maximum Gasteiger partial charge on any atom is 0.121 e. The lowest BCUT2D eigenvalue weighted by atomic mass is 10.00. The van der Waals surface area contributed by atoms with E-state index in [9.17, 15) is 5.11 Å². The summed E-state index contributed by atoms with van der Waals surface area (Å²) in [5.41, 5.74) is 4.05. The van der Waals surface area contributed by atoms with Gasteiger partial charge in [-0.2, -0.15) is 0 Å². The Hall–Kier alpha value is -1.18. The molecule has 0 heterocycles. The molecular formula is C15H14Cl2O. The molecular weight excluding hydrogens is 267 g/mol. The number of phenols is 1. The molecule has 0 spiro atoms. The number of rotatable bonds is 2. The molecule has 1 nitrogen and oxygen atoms in total. The molecule has 0 aliphatic heterocycles. The van der Waals surface area contributed by atoms with Crippen molar-refractivity contribution in [3.63, 3.8) is 0 Å². The van der Waals surface area contributed by atoms with E-state index in [1.54, 1.807) is 6.07 Å². The van der Waals surface area contributed by atoms with Crippen LogP contribution in [0.25, 0.3) is 0 Å². The van der Waals surface area contributed by atoms with Crippen LogP contribution in [0.1, 0.15) is 22.3 Å². The summed E-state index contributed by atoms with van der Waals surface area (Å²) in [5.74, 6) is 0.368. The van der Waals surface area contributed by atoms with Crippen LogP contribution in [0.15, 0.2) is 30.3 Å². The minimum Gasteiger partial charge on any atom is -0.507 e. The second kappa shape index (κ2) is 5.21. The monoisotopic (exact) mass is 280 g/mol. The lowest BCUT2D eigenvalue weighted by molar-refractivity contribution is 0.466. The van der Waals surface area contributed by atoms with E-state index >= 15 is 0 Å². The number of aryl methyl sites for hydroxylation is 2. The number of aromatic hydroxyl groups is 1. The van der Waals surface area contributed by atoms with E-state index in [1.807, 2.05) is 38.1 Å². The molecule has 0 aliphatic rings. The van der Waals surface area contributed by atoms with Gasteiger partial charge in [-0.15, -0.1) is 0 Å². The predicted octanol–water partition coefficient (Wildman–Crippen LogP) is 4.91. The quantitative estimate of drug-likeness (QED) is 0.829. The highest BCUT2D eigenvalue weighted by Gasteiger charge is 2.05. The molecule has 0 aliphatic carbocycles. The number of hydrogen-bond donors (Lipinski definition) is 1. The zero-order valence-electron chi connectivity index (χ0n) is 10.3. The van der Waals surface area contributed by atoms with Crippen molar-refractivity contribution in [2.45, 2.75) is 20.3 Å². The van der Waals surface area contributed by atoms with Crippen LogP contribution < -0.4 is 0 Å². The third-order valence-electron chi connectivity index (χ3n) is 2.94. The highest BCUT2D eigenvalue weighted by Crippen LogP contribution is 2.27. The van der Waals surface area contributed by atoms with E-state index in [4.69, 9.17) is 23.2 Å². The van der Waals surface area contributed by atoms with Crippen LogP contribution in [0.2, 0.25) is 10.0 Å². The number of phenolic OH excluding ortho intramolecular Hbond substituents is 1. The number of halogens is 2. The van der Waals surface area contributed by atoms with Crippen LogP contribution in [-0.2, 0) is 6.42 Å². The van der Waals surface area contributed by atoms with Crippen molar-refractivity contribution < 1.29 is 5.11 Å². The molecule has 1 N–H and O–H groups in total. The lowest BCUT2D eigenvalue weighted by Crippen LogP contribution is -1.91. The van der Waals surface area contributed by atoms with E-state index in [0.717, 1.165) is 28.7 Å². The second-order valence-electron chi connectivity index (χ2n) is 4.50. The summed E-state index contributed by atoms with van der Waals surface area (Å²) in [6.45, 7) is 3.81. The summed E-state index contributed by atoms with van der Waals surface area (Å²) in [6, 6.07) is 9.63. The van der Waals surface area contributed by atoms with Gasteiger partial charge in [0.1, 0.15) is 5.75 Å². The fourth-order valence-electron chi connectivity index (χ4n) is 2.03. The predicted molar refractivity (Wildman–Crippen MR) is 76.8 cm³/mol. The average molecular weight is 281 g/mol. The molecule has 0 unspecified atom stereocenters. The van der Waals surface area contributed by atoms with Gasteiger partial charge in [0, 0.05) is 0 Å². The molecule has 3 heteroatoms. The van der Waals surface area contributed by atoms with Crippen LogP contribution in [0, 0.1) is 13.8 Å². The summed E-state index contributed by atoms with van der Waals surface area (Å²) < 4.78 is 0. The van der Waals surface area contributed by atoms with Gasteiger partial charge in [-0.1, -0.05) is 41.4 Å². The molecule has 2 aromatic carbocycles. The van der Waals surface area contributed by atoms with E-state index in [-0.39, 0.29) is 0 Å². The summed E-state index contributed by atoms with van der Waals surface area (Å²) in [7, 11) is 0. The van der Waals surface area contributed by atoms with Gasteiger partial charge in [-0.05, 0) is 54.7 Å². The van der Waals surface area contributed by atoms with Gasteiger partial charge in [0.15, 0.2) is 0 Å². The van der Waals surface area contributed by atoms with Crippen molar-refractivity contribution in [3.8, 4) is 5.75 Å². The first-order chi connectivity index (χ1) is 8.47. The molecule has 0 saturated carbocycles. The van der Waals surface area contributed by atoms with E-state index in [0.29, 0.717) is 15.8 Å². The zero-order valence-corrected chi connectivity index (χ0v) is 11.8. The van der Waals surface area contributed by atoms with Gasteiger partial charge in [0.2, 0.25) is 0 Å². The van der Waals surface area contributed by atoms with Crippen molar-refractivity contribution in [2.75, 3.05) is 0 Å². The molecule has 0 amide bonds. The van der Waals surface area contributed by atoms with Gasteiger partial charge in [0.25, 0.3) is 0 Å². The Bertz CT molecular complexity index is 568. The molecule has 0 bridgehead atoms. The smallest absolute Gasteiger partial charge is 0.121 e. The van der Waals surface area contributed by atoms with Crippen LogP contribution >= 0.6 is 23.2 Å². The molecule has 0 atom stereocenters. The Morgan fingerprint density at radius 3 is 2.06 bits per heavy atom. The molecule has 0 radical (unpaired) electrons. The minimum absolute atomic E-state index is 0.368. The Morgan fingerprint density at radius 1 is 0.889 bits per heavy atom.